The van der Waals surface area contributed by atoms with Gasteiger partial charge in [-0.3, -0.25) is 4.40 Å². The number of aryl methyl sites for hydroxylation is 1. The van der Waals surface area contributed by atoms with Crippen molar-refractivity contribution < 1.29 is 0 Å². The molecule has 20 heavy (non-hydrogen) atoms. The molecule has 2 aromatic heterocycles. The Morgan fingerprint density at radius 3 is 2.70 bits per heavy atom. The van der Waals surface area contributed by atoms with Gasteiger partial charge in [0.2, 0.25) is 0 Å². The van der Waals surface area contributed by atoms with Gasteiger partial charge in [0, 0.05) is 24.3 Å². The van der Waals surface area contributed by atoms with E-state index in [1.807, 2.05) is 0 Å². The van der Waals surface area contributed by atoms with Gasteiger partial charge in [0.15, 0.2) is 0 Å². The first-order valence-electron chi connectivity index (χ1n) is 7.09. The van der Waals surface area contributed by atoms with Crippen LogP contribution in [0.25, 0.3) is 5.65 Å². The van der Waals surface area contributed by atoms with E-state index in [9.17, 15) is 0 Å². The molecule has 0 fully saturated rings. The van der Waals surface area contributed by atoms with Gasteiger partial charge in [0.1, 0.15) is 5.65 Å². The van der Waals surface area contributed by atoms with Gasteiger partial charge in [0.25, 0.3) is 0 Å². The summed E-state index contributed by atoms with van der Waals surface area (Å²) in [5.74, 6) is 0. The van der Waals surface area contributed by atoms with E-state index >= 15 is 0 Å². The fourth-order valence-electron chi connectivity index (χ4n) is 3.10. The molecule has 0 spiro atoms. The number of fused-ring (bicyclic) bond motifs is 3. The van der Waals surface area contributed by atoms with Crippen LogP contribution in [0.15, 0.2) is 48.5 Å². The number of imidazole rings is 1. The molecule has 0 radical (unpaired) electrons. The van der Waals surface area contributed by atoms with Gasteiger partial charge in [-0.2, -0.15) is 0 Å². The van der Waals surface area contributed by atoms with Crippen LogP contribution in [0, 0.1) is 6.92 Å². The SMILES string of the molecule is Cc1cccc2nc3c(n12)CN(c1ccccc1)CC3. The van der Waals surface area contributed by atoms with Gasteiger partial charge in [-0.05, 0) is 31.2 Å². The number of para-hydroxylation sites is 1. The van der Waals surface area contributed by atoms with E-state index in [2.05, 4.69) is 64.8 Å². The Morgan fingerprint density at radius 2 is 1.85 bits per heavy atom. The minimum Gasteiger partial charge on any atom is -0.365 e. The summed E-state index contributed by atoms with van der Waals surface area (Å²) in [5.41, 5.74) is 6.22. The molecular weight excluding hydrogens is 246 g/mol. The summed E-state index contributed by atoms with van der Waals surface area (Å²) in [5, 5.41) is 0. The molecule has 0 bridgehead atoms. The van der Waals surface area contributed by atoms with Crippen LogP contribution in [0.2, 0.25) is 0 Å². The summed E-state index contributed by atoms with van der Waals surface area (Å²) in [6.07, 6.45) is 1.02. The monoisotopic (exact) mass is 263 g/mol. The standard InChI is InChI=1S/C17H17N3/c1-13-6-5-9-17-18-15-10-11-19(12-16(15)20(13)17)14-7-3-2-4-8-14/h2-9H,10-12H2,1H3. The Balaban J connectivity index is 1.81. The molecule has 1 aliphatic heterocycles. The molecule has 0 unspecified atom stereocenters. The highest BCUT2D eigenvalue weighted by Gasteiger charge is 2.22. The lowest BCUT2D eigenvalue weighted by Gasteiger charge is -2.29. The van der Waals surface area contributed by atoms with Crippen LogP contribution in [0.1, 0.15) is 17.1 Å². The van der Waals surface area contributed by atoms with E-state index in [-0.39, 0.29) is 0 Å². The minimum absolute atomic E-state index is 0.936. The van der Waals surface area contributed by atoms with E-state index in [1.54, 1.807) is 0 Å². The quantitative estimate of drug-likeness (QED) is 0.672. The van der Waals surface area contributed by atoms with Crippen LogP contribution in [0.3, 0.4) is 0 Å². The van der Waals surface area contributed by atoms with Gasteiger partial charge >= 0.3 is 0 Å². The van der Waals surface area contributed by atoms with E-state index in [4.69, 9.17) is 4.98 Å². The zero-order valence-corrected chi connectivity index (χ0v) is 11.6. The van der Waals surface area contributed by atoms with E-state index in [0.717, 1.165) is 25.2 Å². The van der Waals surface area contributed by atoms with E-state index in [1.165, 1.54) is 22.8 Å². The average molecular weight is 263 g/mol. The maximum atomic E-state index is 4.78. The van der Waals surface area contributed by atoms with Gasteiger partial charge in [-0.15, -0.1) is 0 Å². The lowest BCUT2D eigenvalue weighted by Crippen LogP contribution is -2.31. The molecule has 1 aromatic carbocycles. The fourth-order valence-corrected chi connectivity index (χ4v) is 3.10. The molecule has 3 nitrogen and oxygen atoms in total. The molecule has 4 rings (SSSR count). The third-order valence-electron chi connectivity index (χ3n) is 4.10. The largest absolute Gasteiger partial charge is 0.365 e. The number of pyridine rings is 1. The smallest absolute Gasteiger partial charge is 0.137 e. The number of anilines is 1. The van der Waals surface area contributed by atoms with Crippen molar-refractivity contribution in [1.82, 2.24) is 9.38 Å². The molecular formula is C17H17N3. The Morgan fingerprint density at radius 1 is 1.00 bits per heavy atom. The Kier molecular flexibility index (Phi) is 2.52. The highest BCUT2D eigenvalue weighted by Crippen LogP contribution is 2.25. The van der Waals surface area contributed by atoms with E-state index in [0.29, 0.717) is 0 Å². The summed E-state index contributed by atoms with van der Waals surface area (Å²) in [4.78, 5) is 7.21. The highest BCUT2D eigenvalue weighted by atomic mass is 15.2. The number of benzene rings is 1. The van der Waals surface area contributed by atoms with Crippen LogP contribution in [0.5, 0.6) is 0 Å². The van der Waals surface area contributed by atoms with Gasteiger partial charge < -0.3 is 4.90 Å². The number of nitrogens with zero attached hydrogens (tertiary/aromatic N) is 3. The lowest BCUT2D eigenvalue weighted by atomic mass is 10.1. The van der Waals surface area contributed by atoms with Crippen LogP contribution >= 0.6 is 0 Å². The molecule has 0 N–H and O–H groups in total. The second-order valence-corrected chi connectivity index (χ2v) is 5.37. The summed E-state index contributed by atoms with van der Waals surface area (Å²) in [6.45, 7) is 4.13. The normalized spacial score (nSPS) is 14.6. The van der Waals surface area contributed by atoms with E-state index < -0.39 is 0 Å². The Labute approximate surface area is 118 Å². The zero-order chi connectivity index (χ0) is 13.5. The van der Waals surface area contributed by atoms with Crippen molar-refractivity contribution in [3.05, 3.63) is 65.6 Å². The fraction of sp³-hybridized carbons (Fsp3) is 0.235. The molecule has 0 saturated heterocycles. The molecule has 0 saturated carbocycles. The van der Waals surface area contributed by atoms with Crippen molar-refractivity contribution >= 4 is 11.3 Å². The van der Waals surface area contributed by atoms with Gasteiger partial charge in [-0.25, -0.2) is 4.98 Å². The second kappa shape index (κ2) is 4.37. The lowest BCUT2D eigenvalue weighted by molar-refractivity contribution is 0.699. The van der Waals surface area contributed by atoms with Crippen LogP contribution in [-0.4, -0.2) is 15.9 Å². The Bertz CT molecular complexity index is 759. The first-order chi connectivity index (χ1) is 9.83. The summed E-state index contributed by atoms with van der Waals surface area (Å²) >= 11 is 0. The van der Waals surface area contributed by atoms with Crippen molar-refractivity contribution in [1.29, 1.82) is 0 Å². The number of rotatable bonds is 1. The predicted octanol–water partition coefficient (Wildman–Crippen LogP) is 3.21. The maximum absolute atomic E-state index is 4.78. The van der Waals surface area contributed by atoms with Crippen LogP contribution in [-0.2, 0) is 13.0 Å². The number of hydrogen-bond donors (Lipinski definition) is 0. The second-order valence-electron chi connectivity index (χ2n) is 5.37. The molecule has 100 valence electrons. The highest BCUT2D eigenvalue weighted by molar-refractivity contribution is 5.51. The Hall–Kier alpha value is -2.29. The minimum atomic E-state index is 0.936. The van der Waals surface area contributed by atoms with Crippen LogP contribution in [0.4, 0.5) is 5.69 Å². The molecule has 3 heteroatoms. The van der Waals surface area contributed by atoms with Crippen molar-refractivity contribution in [3.8, 4) is 0 Å². The molecule has 3 aromatic rings. The summed E-state index contributed by atoms with van der Waals surface area (Å²) in [7, 11) is 0. The van der Waals surface area contributed by atoms with Crippen molar-refractivity contribution in [2.45, 2.75) is 19.9 Å². The topological polar surface area (TPSA) is 20.5 Å². The first-order valence-corrected chi connectivity index (χ1v) is 7.09. The molecule has 3 heterocycles. The third-order valence-corrected chi connectivity index (χ3v) is 4.10. The van der Waals surface area contributed by atoms with Gasteiger partial charge in [0.05, 0.1) is 17.9 Å². The molecule has 0 aliphatic carbocycles. The first kappa shape index (κ1) is 11.5. The van der Waals surface area contributed by atoms with Crippen molar-refractivity contribution in [2.24, 2.45) is 0 Å². The average Bonchev–Trinajstić information content (AvgIpc) is 2.87. The zero-order valence-electron chi connectivity index (χ0n) is 11.6. The number of aromatic nitrogens is 2. The number of hydrogen-bond acceptors (Lipinski definition) is 2. The molecule has 0 atom stereocenters. The van der Waals surface area contributed by atoms with Crippen molar-refractivity contribution in [3.63, 3.8) is 0 Å². The van der Waals surface area contributed by atoms with Gasteiger partial charge in [-0.1, -0.05) is 24.3 Å². The predicted molar refractivity (Wildman–Crippen MR) is 81.1 cm³/mol. The third kappa shape index (κ3) is 1.70. The van der Waals surface area contributed by atoms with Crippen molar-refractivity contribution in [2.75, 3.05) is 11.4 Å². The molecule has 0 amide bonds. The van der Waals surface area contributed by atoms with Crippen LogP contribution < -0.4 is 4.90 Å². The summed E-state index contributed by atoms with van der Waals surface area (Å²) in [6, 6.07) is 17.0. The summed E-state index contributed by atoms with van der Waals surface area (Å²) < 4.78 is 2.30. The molecule has 1 aliphatic rings. The maximum Gasteiger partial charge on any atom is 0.137 e.